The zero-order chi connectivity index (χ0) is 30.1. The normalized spacial score (nSPS) is 14.5. The van der Waals surface area contributed by atoms with Gasteiger partial charge in [-0.05, 0) is 70.5 Å². The van der Waals surface area contributed by atoms with Crippen LogP contribution < -0.4 is 25.4 Å². The van der Waals surface area contributed by atoms with Crippen LogP contribution in [0.15, 0.2) is 30.5 Å². The van der Waals surface area contributed by atoms with Gasteiger partial charge in [-0.2, -0.15) is 4.98 Å². The lowest BCUT2D eigenvalue weighted by Crippen LogP contribution is -2.46. The predicted molar refractivity (Wildman–Crippen MR) is 169 cm³/mol. The Morgan fingerprint density at radius 1 is 0.929 bits per heavy atom. The van der Waals surface area contributed by atoms with Gasteiger partial charge in [-0.25, -0.2) is 14.8 Å². The van der Waals surface area contributed by atoms with Crippen molar-refractivity contribution >= 4 is 28.8 Å². The van der Waals surface area contributed by atoms with Gasteiger partial charge in [0.2, 0.25) is 5.95 Å². The van der Waals surface area contributed by atoms with Crippen molar-refractivity contribution < 1.29 is 14.3 Å². The van der Waals surface area contributed by atoms with Gasteiger partial charge in [0.05, 0.1) is 14.2 Å². The van der Waals surface area contributed by atoms with Crippen molar-refractivity contribution in [1.82, 2.24) is 30.1 Å². The summed E-state index contributed by atoms with van der Waals surface area (Å²) in [4.78, 5) is 31.9. The third-order valence-electron chi connectivity index (χ3n) is 7.18. The Morgan fingerprint density at radius 2 is 1.57 bits per heavy atom. The lowest BCUT2D eigenvalue weighted by atomic mass is 10.0. The summed E-state index contributed by atoms with van der Waals surface area (Å²) in [5.74, 6) is 2.15. The van der Waals surface area contributed by atoms with E-state index in [0.717, 1.165) is 56.6 Å². The van der Waals surface area contributed by atoms with E-state index in [1.165, 1.54) is 19.4 Å². The second kappa shape index (κ2) is 14.5. The summed E-state index contributed by atoms with van der Waals surface area (Å²) in [6.45, 7) is 15.6. The Bertz CT molecular complexity index is 1310. The zero-order valence-corrected chi connectivity index (χ0v) is 25.9. The van der Waals surface area contributed by atoms with Crippen LogP contribution in [0.5, 0.6) is 11.5 Å². The zero-order valence-electron chi connectivity index (χ0n) is 25.9. The number of carbonyl (C=O) groups is 1. The number of ether oxygens (including phenoxy) is 2. The first-order valence-corrected chi connectivity index (χ1v) is 14.9. The van der Waals surface area contributed by atoms with Gasteiger partial charge >= 0.3 is 6.03 Å². The summed E-state index contributed by atoms with van der Waals surface area (Å²) in [7, 11) is 3.20. The van der Waals surface area contributed by atoms with Gasteiger partial charge in [-0.15, -0.1) is 0 Å². The van der Waals surface area contributed by atoms with Crippen LogP contribution in [0.1, 0.15) is 47.0 Å². The van der Waals surface area contributed by atoms with E-state index in [1.807, 2.05) is 39.0 Å². The number of pyridine rings is 1. The van der Waals surface area contributed by atoms with E-state index in [9.17, 15) is 4.79 Å². The minimum absolute atomic E-state index is 0.357. The van der Waals surface area contributed by atoms with Gasteiger partial charge in [0.15, 0.2) is 5.65 Å². The summed E-state index contributed by atoms with van der Waals surface area (Å²) in [5, 5.41) is 9.95. The summed E-state index contributed by atoms with van der Waals surface area (Å²) < 4.78 is 10.9. The first-order valence-electron chi connectivity index (χ1n) is 14.9. The molecule has 3 aromatic rings. The fourth-order valence-corrected chi connectivity index (χ4v) is 4.93. The third kappa shape index (κ3) is 8.90. The van der Waals surface area contributed by atoms with Crippen molar-refractivity contribution in [2.24, 2.45) is 0 Å². The number of urea groups is 1. The lowest BCUT2D eigenvalue weighted by molar-refractivity contribution is 0.131. The molecular weight excluding hydrogens is 532 g/mol. The maximum Gasteiger partial charge on any atom is 0.320 e. The van der Waals surface area contributed by atoms with Crippen LogP contribution in [-0.2, 0) is 0 Å². The summed E-state index contributed by atoms with van der Waals surface area (Å²) in [6.07, 6.45) is 5.29. The molecule has 2 amide bonds. The second-order valence-corrected chi connectivity index (χ2v) is 11.7. The molecule has 1 aliphatic rings. The highest BCUT2D eigenvalue weighted by molar-refractivity contribution is 5.96. The van der Waals surface area contributed by atoms with Crippen LogP contribution in [0, 0.1) is 0 Å². The molecule has 1 saturated heterocycles. The number of anilines is 2. The minimum atomic E-state index is -0.415. The Hall–Kier alpha value is -3.70. The number of rotatable bonds is 12. The summed E-state index contributed by atoms with van der Waals surface area (Å²) in [5.41, 5.74) is 1.55. The van der Waals surface area contributed by atoms with E-state index in [1.54, 1.807) is 26.5 Å². The number of aromatic nitrogens is 3. The van der Waals surface area contributed by atoms with Gasteiger partial charge in [0.25, 0.3) is 0 Å². The molecule has 228 valence electrons. The van der Waals surface area contributed by atoms with Crippen LogP contribution in [0.4, 0.5) is 16.6 Å². The van der Waals surface area contributed by atoms with Gasteiger partial charge < -0.3 is 29.9 Å². The number of unbranched alkanes of at least 4 members (excludes halogenated alkanes) is 1. The average Bonchev–Trinajstić information content (AvgIpc) is 2.97. The highest BCUT2D eigenvalue weighted by Crippen LogP contribution is 2.35. The Balaban J connectivity index is 1.48. The molecule has 3 heterocycles. The minimum Gasteiger partial charge on any atom is -0.497 e. The summed E-state index contributed by atoms with van der Waals surface area (Å²) in [6, 6.07) is 7.11. The van der Waals surface area contributed by atoms with Gasteiger partial charge in [0.1, 0.15) is 17.3 Å². The Morgan fingerprint density at radius 3 is 2.17 bits per heavy atom. The molecule has 4 rings (SSSR count). The van der Waals surface area contributed by atoms with E-state index < -0.39 is 5.54 Å². The Labute approximate surface area is 249 Å². The van der Waals surface area contributed by atoms with Crippen molar-refractivity contribution in [2.45, 2.75) is 52.5 Å². The van der Waals surface area contributed by atoms with E-state index in [-0.39, 0.29) is 6.03 Å². The molecule has 0 radical (unpaired) electrons. The maximum atomic E-state index is 12.9. The van der Waals surface area contributed by atoms with E-state index >= 15 is 0 Å². The fraction of sp³-hybridized carbons (Fsp3) is 0.548. The van der Waals surface area contributed by atoms with Gasteiger partial charge in [-0.3, -0.25) is 5.32 Å². The smallest absolute Gasteiger partial charge is 0.320 e. The highest BCUT2D eigenvalue weighted by Gasteiger charge is 2.19. The topological polar surface area (TPSA) is 117 Å². The van der Waals surface area contributed by atoms with Crippen molar-refractivity contribution in [3.05, 3.63) is 30.5 Å². The van der Waals surface area contributed by atoms with Crippen LogP contribution in [0.2, 0.25) is 0 Å². The molecule has 2 aromatic heterocycles. The highest BCUT2D eigenvalue weighted by atomic mass is 16.5. The van der Waals surface area contributed by atoms with Crippen LogP contribution in [0.3, 0.4) is 0 Å². The van der Waals surface area contributed by atoms with Gasteiger partial charge in [0, 0.05) is 61.5 Å². The van der Waals surface area contributed by atoms with Crippen LogP contribution in [0.25, 0.3) is 22.2 Å². The molecule has 11 nitrogen and oxygen atoms in total. The van der Waals surface area contributed by atoms with Crippen molar-refractivity contribution in [3.8, 4) is 22.6 Å². The largest absolute Gasteiger partial charge is 0.497 e. The first kappa shape index (κ1) is 31.2. The number of nitrogens with one attached hydrogen (secondary N) is 3. The predicted octanol–water partition coefficient (Wildman–Crippen LogP) is 4.85. The molecule has 1 aromatic carbocycles. The van der Waals surface area contributed by atoms with Crippen molar-refractivity contribution in [1.29, 1.82) is 0 Å². The molecule has 0 bridgehead atoms. The molecule has 3 N–H and O–H groups in total. The second-order valence-electron chi connectivity index (χ2n) is 11.7. The van der Waals surface area contributed by atoms with Gasteiger partial charge in [-0.1, -0.05) is 13.3 Å². The SMILES string of the molecule is CCCCN1CCN(CCCNc2ncc3cc(-c4cc(OC)cc(OC)c4)c(NC(=O)NC(C)(C)C)nc3n2)CC1. The Kier molecular flexibility index (Phi) is 10.8. The molecule has 0 spiro atoms. The number of methoxy groups -OCH3 is 2. The van der Waals surface area contributed by atoms with E-state index in [4.69, 9.17) is 14.5 Å². The molecule has 0 atom stereocenters. The maximum absolute atomic E-state index is 12.9. The first-order chi connectivity index (χ1) is 20.2. The number of fused-ring (bicyclic) bond motifs is 1. The number of benzene rings is 1. The molecule has 0 aliphatic carbocycles. The fourth-order valence-electron chi connectivity index (χ4n) is 4.93. The molecule has 1 fully saturated rings. The van der Waals surface area contributed by atoms with Crippen molar-refractivity contribution in [2.75, 3.05) is 70.7 Å². The third-order valence-corrected chi connectivity index (χ3v) is 7.18. The number of amides is 2. The van der Waals surface area contributed by atoms with E-state index in [2.05, 4.69) is 42.6 Å². The lowest BCUT2D eigenvalue weighted by Gasteiger charge is -2.34. The average molecular weight is 579 g/mol. The monoisotopic (exact) mass is 578 g/mol. The van der Waals surface area contributed by atoms with Crippen LogP contribution >= 0.6 is 0 Å². The number of piperazine rings is 1. The number of hydrogen-bond acceptors (Lipinski definition) is 9. The molecule has 1 aliphatic heterocycles. The summed E-state index contributed by atoms with van der Waals surface area (Å²) >= 11 is 0. The molecule has 0 saturated carbocycles. The number of carbonyl (C=O) groups excluding carboxylic acids is 1. The molecule has 11 heteroatoms. The molecule has 0 unspecified atom stereocenters. The van der Waals surface area contributed by atoms with Crippen molar-refractivity contribution in [3.63, 3.8) is 0 Å². The molecular formula is C31H46N8O3. The number of hydrogen-bond donors (Lipinski definition) is 3. The molecule has 42 heavy (non-hydrogen) atoms. The van der Waals surface area contributed by atoms with Crippen LogP contribution in [-0.4, -0.2) is 96.4 Å². The van der Waals surface area contributed by atoms with E-state index in [0.29, 0.717) is 34.5 Å². The standard InChI is InChI=1S/C31H46N8O3/c1-7-8-11-38-13-15-39(16-14-38)12-9-10-32-29-33-21-23-19-26(22-17-24(41-5)20-25(18-22)42-6)28(34-27(23)35-29)36-30(40)37-31(2,3)4/h17-21H,7-16H2,1-6H3,(H3,32,33,34,35,36,37,40). The quantitative estimate of drug-likeness (QED) is 0.259. The number of nitrogens with zero attached hydrogens (tertiary/aromatic N) is 5.